The SMILES string of the molecule is c1ccc(-c2noc(-c3n[nH]c4ccccc34)n2)nc1. The van der Waals surface area contributed by atoms with E-state index in [4.69, 9.17) is 4.52 Å². The zero-order valence-corrected chi connectivity index (χ0v) is 10.3. The molecule has 0 atom stereocenters. The summed E-state index contributed by atoms with van der Waals surface area (Å²) in [6.07, 6.45) is 1.69. The maximum Gasteiger partial charge on any atom is 0.279 e. The Morgan fingerprint density at radius 1 is 1.00 bits per heavy atom. The molecule has 3 heterocycles. The number of benzene rings is 1. The first-order valence-electron chi connectivity index (χ1n) is 6.10. The second-order valence-corrected chi connectivity index (χ2v) is 4.26. The Labute approximate surface area is 113 Å². The zero-order chi connectivity index (χ0) is 13.4. The van der Waals surface area contributed by atoms with Crippen molar-refractivity contribution in [3.8, 4) is 23.1 Å². The number of para-hydroxylation sites is 1. The van der Waals surface area contributed by atoms with E-state index in [1.807, 2.05) is 42.5 Å². The lowest BCUT2D eigenvalue weighted by Gasteiger charge is -1.90. The Balaban J connectivity index is 1.82. The predicted molar refractivity (Wildman–Crippen MR) is 72.6 cm³/mol. The molecular weight excluding hydrogens is 254 g/mol. The number of pyridine rings is 1. The van der Waals surface area contributed by atoms with Crippen molar-refractivity contribution in [3.05, 3.63) is 48.7 Å². The third-order valence-corrected chi connectivity index (χ3v) is 2.99. The fourth-order valence-electron chi connectivity index (χ4n) is 2.05. The van der Waals surface area contributed by atoms with E-state index in [9.17, 15) is 0 Å². The monoisotopic (exact) mass is 263 g/mol. The number of rotatable bonds is 2. The third-order valence-electron chi connectivity index (χ3n) is 2.99. The van der Waals surface area contributed by atoms with Gasteiger partial charge in [0, 0.05) is 11.6 Å². The van der Waals surface area contributed by atoms with Gasteiger partial charge in [-0.3, -0.25) is 10.1 Å². The molecule has 0 unspecified atom stereocenters. The highest BCUT2D eigenvalue weighted by molar-refractivity contribution is 5.90. The number of nitrogens with zero attached hydrogens (tertiary/aromatic N) is 4. The fourth-order valence-corrected chi connectivity index (χ4v) is 2.05. The van der Waals surface area contributed by atoms with Crippen LogP contribution in [0.5, 0.6) is 0 Å². The lowest BCUT2D eigenvalue weighted by atomic mass is 10.2. The molecule has 6 nitrogen and oxygen atoms in total. The molecule has 0 saturated heterocycles. The smallest absolute Gasteiger partial charge is 0.279 e. The summed E-state index contributed by atoms with van der Waals surface area (Å²) in [5.74, 6) is 0.829. The lowest BCUT2D eigenvalue weighted by Crippen LogP contribution is -1.84. The Morgan fingerprint density at radius 2 is 1.90 bits per heavy atom. The first-order valence-corrected chi connectivity index (χ1v) is 6.10. The van der Waals surface area contributed by atoms with Crippen molar-refractivity contribution in [2.24, 2.45) is 0 Å². The highest BCUT2D eigenvalue weighted by atomic mass is 16.5. The maximum absolute atomic E-state index is 5.29. The number of nitrogens with one attached hydrogen (secondary N) is 1. The molecule has 0 aliphatic carbocycles. The van der Waals surface area contributed by atoms with E-state index in [-0.39, 0.29) is 0 Å². The number of hydrogen-bond donors (Lipinski definition) is 1. The van der Waals surface area contributed by atoms with Crippen molar-refractivity contribution in [2.75, 3.05) is 0 Å². The van der Waals surface area contributed by atoms with E-state index < -0.39 is 0 Å². The highest BCUT2D eigenvalue weighted by Crippen LogP contribution is 2.26. The van der Waals surface area contributed by atoms with E-state index >= 15 is 0 Å². The number of aromatic nitrogens is 5. The molecule has 4 aromatic rings. The van der Waals surface area contributed by atoms with Crippen molar-refractivity contribution in [1.29, 1.82) is 0 Å². The van der Waals surface area contributed by atoms with Gasteiger partial charge in [0.1, 0.15) is 5.69 Å². The van der Waals surface area contributed by atoms with Gasteiger partial charge in [0.2, 0.25) is 5.82 Å². The van der Waals surface area contributed by atoms with Crippen molar-refractivity contribution in [3.63, 3.8) is 0 Å². The van der Waals surface area contributed by atoms with Crippen LogP contribution >= 0.6 is 0 Å². The largest absolute Gasteiger partial charge is 0.332 e. The molecule has 3 aromatic heterocycles. The van der Waals surface area contributed by atoms with Gasteiger partial charge < -0.3 is 4.52 Å². The molecule has 6 heteroatoms. The number of H-pyrrole nitrogens is 1. The molecule has 0 aliphatic rings. The third kappa shape index (κ3) is 1.66. The van der Waals surface area contributed by atoms with E-state index in [1.54, 1.807) is 6.20 Å². The van der Waals surface area contributed by atoms with Gasteiger partial charge >= 0.3 is 0 Å². The minimum Gasteiger partial charge on any atom is -0.332 e. The molecule has 0 amide bonds. The summed E-state index contributed by atoms with van der Waals surface area (Å²) in [7, 11) is 0. The van der Waals surface area contributed by atoms with Crippen LogP contribution in [0.2, 0.25) is 0 Å². The van der Waals surface area contributed by atoms with Gasteiger partial charge in [-0.05, 0) is 18.2 Å². The molecule has 0 aliphatic heterocycles. The van der Waals surface area contributed by atoms with Crippen LogP contribution in [0.15, 0.2) is 53.2 Å². The molecular formula is C14H9N5O. The molecule has 96 valence electrons. The van der Waals surface area contributed by atoms with Gasteiger partial charge in [0.05, 0.1) is 5.52 Å². The van der Waals surface area contributed by atoms with Crippen LogP contribution < -0.4 is 0 Å². The Hall–Kier alpha value is -3.02. The second-order valence-electron chi connectivity index (χ2n) is 4.26. The summed E-state index contributed by atoms with van der Waals surface area (Å²) in [6, 6.07) is 13.3. The van der Waals surface area contributed by atoms with E-state index in [1.165, 1.54) is 0 Å². The van der Waals surface area contributed by atoms with Gasteiger partial charge in [-0.2, -0.15) is 10.1 Å². The molecule has 0 radical (unpaired) electrons. The lowest BCUT2D eigenvalue weighted by molar-refractivity contribution is 0.431. The second kappa shape index (κ2) is 4.27. The molecule has 4 rings (SSSR count). The van der Waals surface area contributed by atoms with Crippen LogP contribution in [0.25, 0.3) is 34.0 Å². The Kier molecular flexibility index (Phi) is 2.32. The first kappa shape index (κ1) is 10.9. The van der Waals surface area contributed by atoms with Crippen LogP contribution in [0, 0.1) is 0 Å². The number of fused-ring (bicyclic) bond motifs is 1. The van der Waals surface area contributed by atoms with Gasteiger partial charge in [0.25, 0.3) is 5.89 Å². The van der Waals surface area contributed by atoms with Crippen molar-refractivity contribution in [1.82, 2.24) is 25.3 Å². The summed E-state index contributed by atoms with van der Waals surface area (Å²) in [6.45, 7) is 0. The van der Waals surface area contributed by atoms with Crippen LogP contribution in [0.4, 0.5) is 0 Å². The molecule has 20 heavy (non-hydrogen) atoms. The van der Waals surface area contributed by atoms with Crippen LogP contribution in [-0.4, -0.2) is 25.3 Å². The summed E-state index contributed by atoms with van der Waals surface area (Å²) in [5, 5.41) is 12.1. The summed E-state index contributed by atoms with van der Waals surface area (Å²) in [5.41, 5.74) is 2.25. The quantitative estimate of drug-likeness (QED) is 0.601. The van der Waals surface area contributed by atoms with E-state index in [0.29, 0.717) is 23.1 Å². The van der Waals surface area contributed by atoms with Gasteiger partial charge in [-0.15, -0.1) is 0 Å². The van der Waals surface area contributed by atoms with Crippen LogP contribution in [-0.2, 0) is 0 Å². The van der Waals surface area contributed by atoms with Gasteiger partial charge in [0.15, 0.2) is 5.69 Å². The topological polar surface area (TPSA) is 80.5 Å². The molecule has 0 fully saturated rings. The number of aromatic amines is 1. The zero-order valence-electron chi connectivity index (χ0n) is 10.3. The molecule has 0 saturated carbocycles. The fraction of sp³-hybridized carbons (Fsp3) is 0. The van der Waals surface area contributed by atoms with Gasteiger partial charge in [-0.25, -0.2) is 0 Å². The minimum atomic E-state index is 0.378. The van der Waals surface area contributed by atoms with Crippen LogP contribution in [0.1, 0.15) is 0 Å². The summed E-state index contributed by atoms with van der Waals surface area (Å²) < 4.78 is 5.29. The Bertz CT molecular complexity index is 865. The standard InChI is InChI=1S/C14H9N5O/c1-2-6-10-9(5-1)12(18-17-10)14-16-13(19-20-14)11-7-3-4-8-15-11/h1-8H,(H,17,18). The molecule has 0 bridgehead atoms. The van der Waals surface area contributed by atoms with Crippen molar-refractivity contribution < 1.29 is 4.52 Å². The summed E-state index contributed by atoms with van der Waals surface area (Å²) in [4.78, 5) is 8.54. The maximum atomic E-state index is 5.29. The predicted octanol–water partition coefficient (Wildman–Crippen LogP) is 2.67. The van der Waals surface area contributed by atoms with Crippen molar-refractivity contribution >= 4 is 10.9 Å². The summed E-state index contributed by atoms with van der Waals surface area (Å²) >= 11 is 0. The average Bonchev–Trinajstić information content (AvgIpc) is 3.14. The van der Waals surface area contributed by atoms with Crippen molar-refractivity contribution in [2.45, 2.75) is 0 Å². The van der Waals surface area contributed by atoms with Crippen LogP contribution in [0.3, 0.4) is 0 Å². The van der Waals surface area contributed by atoms with E-state index in [2.05, 4.69) is 25.3 Å². The molecule has 1 N–H and O–H groups in total. The van der Waals surface area contributed by atoms with E-state index in [0.717, 1.165) is 10.9 Å². The molecule has 0 spiro atoms. The van der Waals surface area contributed by atoms with Gasteiger partial charge in [-0.1, -0.05) is 29.4 Å². The highest BCUT2D eigenvalue weighted by Gasteiger charge is 2.16. The average molecular weight is 263 g/mol. The molecule has 1 aromatic carbocycles. The number of hydrogen-bond acceptors (Lipinski definition) is 5. The Morgan fingerprint density at radius 3 is 2.80 bits per heavy atom. The normalized spacial score (nSPS) is 11.0. The minimum absolute atomic E-state index is 0.378. The first-order chi connectivity index (χ1) is 9.92.